The van der Waals surface area contributed by atoms with Gasteiger partial charge in [-0.25, -0.2) is 0 Å². The molecule has 2 nitrogen and oxygen atoms in total. The quantitative estimate of drug-likeness (QED) is 0.816. The summed E-state index contributed by atoms with van der Waals surface area (Å²) in [5.74, 6) is 0.483. The number of benzene rings is 1. The summed E-state index contributed by atoms with van der Waals surface area (Å²) in [6, 6.07) is 11.1. The van der Waals surface area contributed by atoms with E-state index in [1.165, 1.54) is 5.56 Å². The molecule has 1 aromatic rings. The van der Waals surface area contributed by atoms with E-state index in [2.05, 4.69) is 42.2 Å². The van der Waals surface area contributed by atoms with Crippen LogP contribution >= 0.6 is 0 Å². The van der Waals surface area contributed by atoms with Crippen molar-refractivity contribution in [1.29, 1.82) is 0 Å². The molecule has 0 bridgehead atoms. The van der Waals surface area contributed by atoms with Gasteiger partial charge in [-0.2, -0.15) is 0 Å². The maximum atomic E-state index is 9.11. The fourth-order valence-corrected chi connectivity index (χ4v) is 2.31. The fraction of sp³-hybridized carbons (Fsp3) is 0.538. The Kier molecular flexibility index (Phi) is 3.39. The van der Waals surface area contributed by atoms with E-state index in [-0.39, 0.29) is 0 Å². The lowest BCUT2D eigenvalue weighted by Crippen LogP contribution is -2.25. The highest BCUT2D eigenvalue weighted by molar-refractivity contribution is 5.18. The molecule has 0 radical (unpaired) electrons. The summed E-state index contributed by atoms with van der Waals surface area (Å²) < 4.78 is 0. The number of aliphatic hydroxyl groups is 1. The van der Waals surface area contributed by atoms with Crippen LogP contribution in [-0.4, -0.2) is 29.7 Å². The first-order valence-electron chi connectivity index (χ1n) is 5.71. The van der Waals surface area contributed by atoms with Gasteiger partial charge in [0.05, 0.1) is 0 Å². The SMILES string of the molecule is C[C@@H](c1ccccc1)N1CCC(CO)C1. The minimum Gasteiger partial charge on any atom is -0.396 e. The Labute approximate surface area is 91.5 Å². The second-order valence-electron chi connectivity index (χ2n) is 4.42. The molecule has 1 heterocycles. The van der Waals surface area contributed by atoms with Gasteiger partial charge < -0.3 is 5.11 Å². The van der Waals surface area contributed by atoms with Gasteiger partial charge in [0, 0.05) is 19.2 Å². The van der Waals surface area contributed by atoms with Gasteiger partial charge in [0.15, 0.2) is 0 Å². The predicted molar refractivity (Wildman–Crippen MR) is 61.6 cm³/mol. The fourth-order valence-electron chi connectivity index (χ4n) is 2.31. The predicted octanol–water partition coefficient (Wildman–Crippen LogP) is 2.06. The lowest BCUT2D eigenvalue weighted by atomic mass is 10.1. The highest BCUT2D eigenvalue weighted by Crippen LogP contribution is 2.26. The average Bonchev–Trinajstić information content (AvgIpc) is 2.78. The van der Waals surface area contributed by atoms with Crippen molar-refractivity contribution in [1.82, 2.24) is 4.90 Å². The summed E-state index contributed by atoms with van der Waals surface area (Å²) in [6.07, 6.45) is 1.13. The number of hydrogen-bond donors (Lipinski definition) is 1. The highest BCUT2D eigenvalue weighted by Gasteiger charge is 2.25. The van der Waals surface area contributed by atoms with Crippen LogP contribution in [0.4, 0.5) is 0 Å². The summed E-state index contributed by atoms with van der Waals surface area (Å²) in [6.45, 7) is 4.72. The third-order valence-corrected chi connectivity index (χ3v) is 3.41. The monoisotopic (exact) mass is 205 g/mol. The van der Waals surface area contributed by atoms with Crippen LogP contribution in [0, 0.1) is 5.92 Å². The standard InChI is InChI=1S/C13H19NO/c1-11(13-5-3-2-4-6-13)14-8-7-12(9-14)10-15/h2-6,11-12,15H,7-10H2,1H3/t11-,12?/m0/s1. The molecule has 0 aliphatic carbocycles. The largest absolute Gasteiger partial charge is 0.396 e. The lowest BCUT2D eigenvalue weighted by Gasteiger charge is -2.24. The molecule has 2 rings (SSSR count). The molecule has 1 aliphatic rings. The van der Waals surface area contributed by atoms with Crippen LogP contribution in [0.3, 0.4) is 0 Å². The topological polar surface area (TPSA) is 23.5 Å². The molecule has 2 atom stereocenters. The molecular formula is C13H19NO. The van der Waals surface area contributed by atoms with E-state index in [9.17, 15) is 0 Å². The van der Waals surface area contributed by atoms with E-state index in [0.29, 0.717) is 18.6 Å². The van der Waals surface area contributed by atoms with Crippen molar-refractivity contribution >= 4 is 0 Å². The third kappa shape index (κ3) is 2.39. The minimum atomic E-state index is 0.331. The van der Waals surface area contributed by atoms with Crippen molar-refractivity contribution in [2.75, 3.05) is 19.7 Å². The summed E-state index contributed by atoms with van der Waals surface area (Å²) >= 11 is 0. The molecule has 0 aromatic heterocycles. The van der Waals surface area contributed by atoms with Crippen molar-refractivity contribution in [2.45, 2.75) is 19.4 Å². The van der Waals surface area contributed by atoms with E-state index in [1.807, 2.05) is 0 Å². The second kappa shape index (κ2) is 4.77. The summed E-state index contributed by atoms with van der Waals surface area (Å²) in [4.78, 5) is 2.45. The Bertz CT molecular complexity index is 299. The Morgan fingerprint density at radius 3 is 2.73 bits per heavy atom. The van der Waals surface area contributed by atoms with Gasteiger partial charge in [-0.1, -0.05) is 30.3 Å². The molecule has 0 amide bonds. The number of hydrogen-bond acceptors (Lipinski definition) is 2. The van der Waals surface area contributed by atoms with Gasteiger partial charge in [0.1, 0.15) is 0 Å². The van der Waals surface area contributed by atoms with Crippen LogP contribution in [0.2, 0.25) is 0 Å². The van der Waals surface area contributed by atoms with Crippen LogP contribution in [0.1, 0.15) is 24.9 Å². The number of likely N-dealkylation sites (tertiary alicyclic amines) is 1. The Morgan fingerprint density at radius 1 is 1.40 bits per heavy atom. The lowest BCUT2D eigenvalue weighted by molar-refractivity contribution is 0.204. The molecule has 0 saturated carbocycles. The first-order chi connectivity index (χ1) is 7.31. The normalized spacial score (nSPS) is 24.3. The van der Waals surface area contributed by atoms with Crippen LogP contribution in [0.5, 0.6) is 0 Å². The zero-order chi connectivity index (χ0) is 10.7. The Balaban J connectivity index is 2.00. The average molecular weight is 205 g/mol. The molecule has 1 N–H and O–H groups in total. The Hall–Kier alpha value is -0.860. The zero-order valence-electron chi connectivity index (χ0n) is 9.26. The number of rotatable bonds is 3. The number of aliphatic hydroxyl groups excluding tert-OH is 1. The molecule has 82 valence electrons. The molecule has 1 unspecified atom stereocenters. The van der Waals surface area contributed by atoms with Gasteiger partial charge in [-0.05, 0) is 31.4 Å². The van der Waals surface area contributed by atoms with E-state index in [1.54, 1.807) is 0 Å². The summed E-state index contributed by atoms with van der Waals surface area (Å²) in [5.41, 5.74) is 1.37. The highest BCUT2D eigenvalue weighted by atomic mass is 16.3. The summed E-state index contributed by atoms with van der Waals surface area (Å²) in [7, 11) is 0. The van der Waals surface area contributed by atoms with Crippen molar-refractivity contribution in [3.63, 3.8) is 0 Å². The summed E-state index contributed by atoms with van der Waals surface area (Å²) in [5, 5.41) is 9.11. The van der Waals surface area contributed by atoms with E-state index in [0.717, 1.165) is 19.5 Å². The van der Waals surface area contributed by atoms with Crippen LogP contribution < -0.4 is 0 Å². The minimum absolute atomic E-state index is 0.331. The van der Waals surface area contributed by atoms with Crippen molar-refractivity contribution in [3.05, 3.63) is 35.9 Å². The smallest absolute Gasteiger partial charge is 0.0471 e. The molecular weight excluding hydrogens is 186 g/mol. The van der Waals surface area contributed by atoms with Gasteiger partial charge in [-0.3, -0.25) is 4.90 Å². The van der Waals surface area contributed by atoms with Crippen molar-refractivity contribution in [3.8, 4) is 0 Å². The first-order valence-corrected chi connectivity index (χ1v) is 5.71. The molecule has 2 heteroatoms. The second-order valence-corrected chi connectivity index (χ2v) is 4.42. The molecule has 1 aliphatic heterocycles. The number of nitrogens with zero attached hydrogens (tertiary/aromatic N) is 1. The Morgan fingerprint density at radius 2 is 2.13 bits per heavy atom. The first kappa shape index (κ1) is 10.7. The molecule has 1 saturated heterocycles. The van der Waals surface area contributed by atoms with Crippen molar-refractivity contribution < 1.29 is 5.11 Å². The molecule has 0 spiro atoms. The third-order valence-electron chi connectivity index (χ3n) is 3.41. The van der Waals surface area contributed by atoms with Crippen molar-refractivity contribution in [2.24, 2.45) is 5.92 Å². The van der Waals surface area contributed by atoms with Gasteiger partial charge in [0.25, 0.3) is 0 Å². The maximum Gasteiger partial charge on any atom is 0.0471 e. The van der Waals surface area contributed by atoms with E-state index in [4.69, 9.17) is 5.11 Å². The van der Waals surface area contributed by atoms with Gasteiger partial charge >= 0.3 is 0 Å². The van der Waals surface area contributed by atoms with E-state index >= 15 is 0 Å². The van der Waals surface area contributed by atoms with Crippen LogP contribution in [0.15, 0.2) is 30.3 Å². The van der Waals surface area contributed by atoms with E-state index < -0.39 is 0 Å². The molecule has 1 fully saturated rings. The van der Waals surface area contributed by atoms with Gasteiger partial charge in [0.2, 0.25) is 0 Å². The zero-order valence-corrected chi connectivity index (χ0v) is 9.26. The van der Waals surface area contributed by atoms with Gasteiger partial charge in [-0.15, -0.1) is 0 Å². The van der Waals surface area contributed by atoms with Crippen LogP contribution in [-0.2, 0) is 0 Å². The molecule has 15 heavy (non-hydrogen) atoms. The van der Waals surface area contributed by atoms with Crippen LogP contribution in [0.25, 0.3) is 0 Å². The molecule has 1 aromatic carbocycles. The maximum absolute atomic E-state index is 9.11.